The van der Waals surface area contributed by atoms with Gasteiger partial charge in [-0.1, -0.05) is 57.6 Å². The van der Waals surface area contributed by atoms with Crippen molar-refractivity contribution in [3.05, 3.63) is 12.2 Å². The number of esters is 2. The Balaban J connectivity index is 1.09. The summed E-state index contributed by atoms with van der Waals surface area (Å²) in [5.41, 5.74) is -0.362. The lowest BCUT2D eigenvalue weighted by Crippen LogP contribution is -2.50. The Morgan fingerprint density at radius 3 is 2.06 bits per heavy atom. The minimum atomic E-state index is -0.362. The maximum atomic E-state index is 13.2. The van der Waals surface area contributed by atoms with E-state index in [-0.39, 0.29) is 30.1 Å². The summed E-state index contributed by atoms with van der Waals surface area (Å²) in [4.78, 5) is 26.3. The number of rotatable bonds is 7. The van der Waals surface area contributed by atoms with Gasteiger partial charge in [-0.3, -0.25) is 4.79 Å². The predicted octanol–water partition coefficient (Wildman–Crippen LogP) is 6.48. The van der Waals surface area contributed by atoms with Gasteiger partial charge >= 0.3 is 11.9 Å². The van der Waals surface area contributed by atoms with Crippen molar-refractivity contribution >= 4 is 11.9 Å². The quantitative estimate of drug-likeness (QED) is 0.244. The molecule has 0 spiro atoms. The predicted molar refractivity (Wildman–Crippen MR) is 131 cm³/mol. The summed E-state index contributed by atoms with van der Waals surface area (Å²) in [6, 6.07) is 0. The highest BCUT2D eigenvalue weighted by Gasteiger charge is 2.62. The van der Waals surface area contributed by atoms with Crippen LogP contribution in [0.5, 0.6) is 0 Å². The number of carbonyl (C=O) groups is 2. The van der Waals surface area contributed by atoms with Crippen LogP contribution in [-0.2, 0) is 19.1 Å². The second kappa shape index (κ2) is 9.28. The lowest BCUT2D eigenvalue weighted by atomic mass is 9.65. The summed E-state index contributed by atoms with van der Waals surface area (Å²) in [5, 5.41) is 0. The number of ether oxygens (including phenoxy) is 2. The molecule has 0 aliphatic heterocycles. The summed E-state index contributed by atoms with van der Waals surface area (Å²) < 4.78 is 12.1. The highest BCUT2D eigenvalue weighted by Crippen LogP contribution is 2.67. The summed E-state index contributed by atoms with van der Waals surface area (Å²) in [6.07, 6.45) is 21.5. The van der Waals surface area contributed by atoms with Crippen LogP contribution in [0.25, 0.3) is 0 Å². The monoisotopic (exact) mass is 468 g/mol. The van der Waals surface area contributed by atoms with Crippen LogP contribution in [0.4, 0.5) is 0 Å². The van der Waals surface area contributed by atoms with Gasteiger partial charge in [-0.2, -0.15) is 0 Å². The molecule has 0 aromatic rings. The van der Waals surface area contributed by atoms with Gasteiger partial charge in [0.1, 0.15) is 5.60 Å². The topological polar surface area (TPSA) is 52.6 Å². The first-order chi connectivity index (χ1) is 16.6. The Morgan fingerprint density at radius 2 is 1.44 bits per heavy atom. The van der Waals surface area contributed by atoms with Crippen LogP contribution >= 0.6 is 0 Å². The fraction of sp³-hybridized carbons (Fsp3) is 0.867. The number of fused-ring (bicyclic) bond motifs is 9. The molecule has 34 heavy (non-hydrogen) atoms. The van der Waals surface area contributed by atoms with Crippen molar-refractivity contribution in [3.8, 4) is 0 Å². The van der Waals surface area contributed by atoms with Gasteiger partial charge in [0.2, 0.25) is 0 Å². The minimum absolute atomic E-state index is 0.000536. The molecule has 0 radical (unpaired) electrons. The average molecular weight is 469 g/mol. The third-order valence-corrected chi connectivity index (χ3v) is 11.4. The van der Waals surface area contributed by atoms with E-state index in [1.165, 1.54) is 77.0 Å². The fourth-order valence-electron chi connectivity index (χ4n) is 10.1. The van der Waals surface area contributed by atoms with Crippen molar-refractivity contribution < 1.29 is 19.1 Å². The lowest BCUT2D eigenvalue weighted by Gasteiger charge is -2.48. The minimum Gasteiger partial charge on any atom is -0.456 e. The van der Waals surface area contributed by atoms with Crippen molar-refractivity contribution in [1.29, 1.82) is 0 Å². The molecule has 0 amide bonds. The Hall–Kier alpha value is -1.32. The third kappa shape index (κ3) is 3.77. The van der Waals surface area contributed by atoms with Crippen molar-refractivity contribution in [2.75, 3.05) is 6.61 Å². The highest BCUT2D eigenvalue weighted by atomic mass is 16.6. The molecule has 188 valence electrons. The first kappa shape index (κ1) is 23.1. The normalized spacial score (nSPS) is 39.4. The molecule has 7 atom stereocenters. The molecule has 5 fully saturated rings. The summed E-state index contributed by atoms with van der Waals surface area (Å²) in [7, 11) is 0. The zero-order valence-corrected chi connectivity index (χ0v) is 21.1. The van der Waals surface area contributed by atoms with Gasteiger partial charge < -0.3 is 9.47 Å². The van der Waals surface area contributed by atoms with Gasteiger partial charge in [-0.15, -0.1) is 0 Å². The van der Waals surface area contributed by atoms with E-state index in [2.05, 4.69) is 19.1 Å². The zero-order valence-electron chi connectivity index (χ0n) is 21.1. The number of hydrogen-bond acceptors (Lipinski definition) is 4. The standard InChI is InChI=1S/C30H44O4/c1-2-30(22-9-5-3-6-10-22,23-11-7-4-8-12-23)34-26(31)18-33-29(32)25-17-21-16-24(25)28-20-14-13-19(15-20)27(21)28/h13-14,19-25,27-28H,2-12,15-18H2,1H3. The number of allylic oxidation sites excluding steroid dienone is 2. The molecule has 0 saturated heterocycles. The van der Waals surface area contributed by atoms with E-state index in [9.17, 15) is 9.59 Å². The highest BCUT2D eigenvalue weighted by molar-refractivity contribution is 5.78. The Kier molecular flexibility index (Phi) is 6.31. The maximum Gasteiger partial charge on any atom is 0.344 e. The van der Waals surface area contributed by atoms with E-state index in [1.54, 1.807) is 0 Å². The van der Waals surface area contributed by atoms with E-state index in [1.807, 2.05) is 0 Å². The molecule has 0 heterocycles. The Bertz CT molecular complexity index is 787. The lowest BCUT2D eigenvalue weighted by molar-refractivity contribution is -0.189. The van der Waals surface area contributed by atoms with Crippen LogP contribution < -0.4 is 0 Å². The van der Waals surface area contributed by atoms with Gasteiger partial charge in [0.25, 0.3) is 0 Å². The molecule has 6 rings (SSSR count). The summed E-state index contributed by atoms with van der Waals surface area (Å²) >= 11 is 0. The molecular weight excluding hydrogens is 424 g/mol. The molecule has 0 N–H and O–H groups in total. The van der Waals surface area contributed by atoms with Gasteiger partial charge in [0.05, 0.1) is 5.92 Å². The van der Waals surface area contributed by atoms with Gasteiger partial charge in [0, 0.05) is 0 Å². The Labute approximate surface area is 205 Å². The van der Waals surface area contributed by atoms with E-state index in [4.69, 9.17) is 9.47 Å². The van der Waals surface area contributed by atoms with Crippen molar-refractivity contribution in [3.63, 3.8) is 0 Å². The Morgan fingerprint density at radius 1 is 0.824 bits per heavy atom. The van der Waals surface area contributed by atoms with E-state index in [0.29, 0.717) is 35.5 Å². The molecule has 6 aliphatic rings. The average Bonchev–Trinajstić information content (AvgIpc) is 3.67. The fourth-order valence-corrected chi connectivity index (χ4v) is 10.1. The third-order valence-electron chi connectivity index (χ3n) is 11.4. The molecule has 7 unspecified atom stereocenters. The van der Waals surface area contributed by atoms with Crippen LogP contribution in [0.1, 0.15) is 96.8 Å². The van der Waals surface area contributed by atoms with Crippen LogP contribution in [0, 0.1) is 53.3 Å². The summed E-state index contributed by atoms with van der Waals surface area (Å²) in [5.74, 6) is 4.57. The largest absolute Gasteiger partial charge is 0.456 e. The van der Waals surface area contributed by atoms with Crippen molar-refractivity contribution in [1.82, 2.24) is 0 Å². The second-order valence-electron chi connectivity index (χ2n) is 12.7. The molecule has 4 bridgehead atoms. The zero-order chi connectivity index (χ0) is 23.3. The maximum absolute atomic E-state index is 13.2. The van der Waals surface area contributed by atoms with Crippen LogP contribution in [-0.4, -0.2) is 24.1 Å². The first-order valence-electron chi connectivity index (χ1n) is 14.7. The first-order valence-corrected chi connectivity index (χ1v) is 14.7. The van der Waals surface area contributed by atoms with Gasteiger partial charge in [0.15, 0.2) is 6.61 Å². The molecular formula is C30H44O4. The second-order valence-corrected chi connectivity index (χ2v) is 12.7. The van der Waals surface area contributed by atoms with E-state index >= 15 is 0 Å². The molecule has 4 nitrogen and oxygen atoms in total. The number of carbonyl (C=O) groups excluding carboxylic acids is 2. The van der Waals surface area contributed by atoms with Crippen LogP contribution in [0.15, 0.2) is 12.2 Å². The van der Waals surface area contributed by atoms with E-state index < -0.39 is 0 Å². The molecule has 5 saturated carbocycles. The smallest absolute Gasteiger partial charge is 0.344 e. The molecule has 0 aromatic heterocycles. The summed E-state index contributed by atoms with van der Waals surface area (Å²) in [6.45, 7) is 2.01. The van der Waals surface area contributed by atoms with Gasteiger partial charge in [-0.25, -0.2) is 4.79 Å². The van der Waals surface area contributed by atoms with E-state index in [0.717, 1.165) is 24.7 Å². The van der Waals surface area contributed by atoms with Crippen molar-refractivity contribution in [2.24, 2.45) is 53.3 Å². The molecule has 6 aliphatic carbocycles. The van der Waals surface area contributed by atoms with Crippen LogP contribution in [0.2, 0.25) is 0 Å². The van der Waals surface area contributed by atoms with Crippen LogP contribution in [0.3, 0.4) is 0 Å². The van der Waals surface area contributed by atoms with Crippen molar-refractivity contribution in [2.45, 2.75) is 102 Å². The molecule has 0 aromatic carbocycles. The molecule has 4 heteroatoms. The number of hydrogen-bond donors (Lipinski definition) is 0. The van der Waals surface area contributed by atoms with Gasteiger partial charge in [-0.05, 0) is 98.7 Å². The SMILES string of the molecule is CCC(OC(=O)COC(=O)C1CC2CC1C1C3C=CC(C3)C21)(C1CCCCC1)C1CCCCC1.